The first-order valence-electron chi connectivity index (χ1n) is 9.64. The van der Waals surface area contributed by atoms with E-state index in [1.54, 1.807) is 23.1 Å². The Hall–Kier alpha value is -1.43. The van der Waals surface area contributed by atoms with Crippen molar-refractivity contribution in [2.24, 2.45) is 4.99 Å². The fraction of sp³-hybridized carbons (Fsp3) is 0.667. The number of guanidine groups is 1. The largest absolute Gasteiger partial charge is 0.356 e. The van der Waals surface area contributed by atoms with Gasteiger partial charge in [0.2, 0.25) is 0 Å². The Morgan fingerprint density at radius 3 is 2.86 bits per heavy atom. The van der Waals surface area contributed by atoms with E-state index in [0.717, 1.165) is 61.3 Å². The number of aromatic nitrogens is 4. The second-order valence-electron chi connectivity index (χ2n) is 7.06. The Labute approximate surface area is 186 Å². The Balaban J connectivity index is 0.00000280. The monoisotopic (exact) mass is 519 g/mol. The highest BCUT2D eigenvalue weighted by Crippen LogP contribution is 2.17. The number of hydrogen-bond acceptors (Lipinski definition) is 5. The average molecular weight is 519 g/mol. The third-order valence-corrected chi connectivity index (χ3v) is 5.53. The molecule has 0 unspecified atom stereocenters. The average Bonchev–Trinajstić information content (AvgIpc) is 3.27. The van der Waals surface area contributed by atoms with Gasteiger partial charge in [0.25, 0.3) is 0 Å². The van der Waals surface area contributed by atoms with Gasteiger partial charge in [-0.3, -0.25) is 9.56 Å². The van der Waals surface area contributed by atoms with Crippen LogP contribution in [0.15, 0.2) is 15.2 Å². The van der Waals surface area contributed by atoms with Gasteiger partial charge in [0.15, 0.2) is 5.96 Å². The van der Waals surface area contributed by atoms with Crippen molar-refractivity contribution in [1.29, 1.82) is 0 Å². The van der Waals surface area contributed by atoms with Gasteiger partial charge in [-0.15, -0.1) is 35.3 Å². The molecule has 2 N–H and O–H groups in total. The lowest BCUT2D eigenvalue weighted by Crippen LogP contribution is -2.37. The van der Waals surface area contributed by atoms with E-state index in [9.17, 15) is 4.79 Å². The smallest absolute Gasteiger partial charge is 0.345 e. The molecule has 0 saturated heterocycles. The summed E-state index contributed by atoms with van der Waals surface area (Å²) in [6.45, 7) is 7.10. The van der Waals surface area contributed by atoms with Crippen molar-refractivity contribution in [3.8, 4) is 0 Å². The standard InChI is InChI=1S/C18H29N7OS.HI/c1-13(2)14-12-27-16(22-14)11-21-17(19-3)20-8-6-10-25-18(26)24-9-5-4-7-15(24)23-25;/h12-13H,4-11H2,1-3H3,(H2,19,20,21);1H. The van der Waals surface area contributed by atoms with Crippen LogP contribution in [0.3, 0.4) is 0 Å². The zero-order valence-corrected chi connectivity index (χ0v) is 19.9. The minimum Gasteiger partial charge on any atom is -0.356 e. The fourth-order valence-corrected chi connectivity index (χ4v) is 3.98. The van der Waals surface area contributed by atoms with Crippen LogP contribution in [-0.4, -0.2) is 38.9 Å². The maximum absolute atomic E-state index is 12.3. The topological polar surface area (TPSA) is 89.1 Å². The number of fused-ring (bicyclic) bond motifs is 1. The van der Waals surface area contributed by atoms with Crippen molar-refractivity contribution < 1.29 is 0 Å². The summed E-state index contributed by atoms with van der Waals surface area (Å²) in [4.78, 5) is 21.2. The number of aliphatic imine (C=N–C) groups is 1. The molecule has 1 aliphatic rings. The van der Waals surface area contributed by atoms with Crippen LogP contribution < -0.4 is 16.3 Å². The molecule has 0 saturated carbocycles. The van der Waals surface area contributed by atoms with Gasteiger partial charge in [-0.1, -0.05) is 13.8 Å². The lowest BCUT2D eigenvalue weighted by molar-refractivity contribution is 0.509. The van der Waals surface area contributed by atoms with Crippen molar-refractivity contribution >= 4 is 41.3 Å². The van der Waals surface area contributed by atoms with Crippen LogP contribution in [0.2, 0.25) is 0 Å². The van der Waals surface area contributed by atoms with Crippen molar-refractivity contribution in [3.63, 3.8) is 0 Å². The van der Waals surface area contributed by atoms with Crippen molar-refractivity contribution in [2.75, 3.05) is 13.6 Å². The van der Waals surface area contributed by atoms with E-state index in [1.807, 2.05) is 4.57 Å². The molecule has 0 spiro atoms. The molecule has 0 aromatic carbocycles. The number of nitrogens with one attached hydrogen (secondary N) is 2. The minimum atomic E-state index is 0. The molecule has 3 heterocycles. The number of thiazole rings is 1. The molecule has 0 fully saturated rings. The molecular weight excluding hydrogens is 489 g/mol. The SMILES string of the molecule is CN=C(NCCCn1nc2n(c1=O)CCCC2)NCc1nc(C(C)C)cs1.I. The number of rotatable bonds is 7. The van der Waals surface area contributed by atoms with Crippen LogP contribution in [0.5, 0.6) is 0 Å². The highest BCUT2D eigenvalue weighted by Gasteiger charge is 2.16. The van der Waals surface area contributed by atoms with Gasteiger partial charge < -0.3 is 10.6 Å². The highest BCUT2D eigenvalue weighted by atomic mass is 127. The van der Waals surface area contributed by atoms with Gasteiger partial charge in [0.05, 0.1) is 12.2 Å². The third kappa shape index (κ3) is 5.79. The third-order valence-electron chi connectivity index (χ3n) is 4.66. The van der Waals surface area contributed by atoms with Crippen molar-refractivity contribution in [3.05, 3.63) is 32.4 Å². The molecule has 2 aromatic rings. The molecule has 0 amide bonds. The summed E-state index contributed by atoms with van der Waals surface area (Å²) in [6, 6.07) is 0. The van der Waals surface area contributed by atoms with Gasteiger partial charge >= 0.3 is 5.69 Å². The van der Waals surface area contributed by atoms with Gasteiger partial charge in [-0.2, -0.15) is 5.10 Å². The number of aryl methyl sites for hydroxylation is 2. The Bertz CT molecular complexity index is 839. The first-order valence-corrected chi connectivity index (χ1v) is 10.5. The van der Waals surface area contributed by atoms with Crippen LogP contribution in [0, 0.1) is 0 Å². The minimum absolute atomic E-state index is 0. The predicted molar refractivity (Wildman–Crippen MR) is 124 cm³/mol. The van der Waals surface area contributed by atoms with E-state index in [1.165, 1.54) is 0 Å². The summed E-state index contributed by atoms with van der Waals surface area (Å²) in [6.07, 6.45) is 3.91. The summed E-state index contributed by atoms with van der Waals surface area (Å²) in [5, 5.41) is 14.2. The van der Waals surface area contributed by atoms with E-state index >= 15 is 0 Å². The van der Waals surface area contributed by atoms with Crippen LogP contribution in [0.1, 0.15) is 55.6 Å². The van der Waals surface area contributed by atoms with Crippen molar-refractivity contribution in [2.45, 2.75) is 65.1 Å². The van der Waals surface area contributed by atoms with E-state index in [-0.39, 0.29) is 29.7 Å². The molecule has 10 heteroatoms. The van der Waals surface area contributed by atoms with Crippen LogP contribution in [0.4, 0.5) is 0 Å². The van der Waals surface area contributed by atoms with E-state index < -0.39 is 0 Å². The van der Waals surface area contributed by atoms with Gasteiger partial charge in [0, 0.05) is 38.5 Å². The summed E-state index contributed by atoms with van der Waals surface area (Å²) < 4.78 is 3.42. The maximum Gasteiger partial charge on any atom is 0.345 e. The Morgan fingerprint density at radius 2 is 2.18 bits per heavy atom. The zero-order valence-electron chi connectivity index (χ0n) is 16.8. The molecule has 156 valence electrons. The van der Waals surface area contributed by atoms with Crippen LogP contribution in [0.25, 0.3) is 0 Å². The predicted octanol–water partition coefficient (Wildman–Crippen LogP) is 2.33. The second-order valence-corrected chi connectivity index (χ2v) is 8.00. The van der Waals surface area contributed by atoms with E-state index in [2.05, 4.69) is 44.9 Å². The zero-order chi connectivity index (χ0) is 19.2. The summed E-state index contributed by atoms with van der Waals surface area (Å²) in [5.74, 6) is 2.12. The summed E-state index contributed by atoms with van der Waals surface area (Å²) in [7, 11) is 1.75. The number of hydrogen-bond donors (Lipinski definition) is 2. The quantitative estimate of drug-likeness (QED) is 0.254. The Kier molecular flexibility index (Phi) is 8.93. The molecular formula is C18H30IN7OS. The summed E-state index contributed by atoms with van der Waals surface area (Å²) >= 11 is 1.67. The second kappa shape index (κ2) is 10.9. The lowest BCUT2D eigenvalue weighted by Gasteiger charge is -2.10. The highest BCUT2D eigenvalue weighted by molar-refractivity contribution is 14.0. The van der Waals surface area contributed by atoms with Gasteiger partial charge in [0.1, 0.15) is 10.8 Å². The molecule has 3 rings (SSSR count). The molecule has 1 aliphatic heterocycles. The number of halogens is 1. The van der Waals surface area contributed by atoms with Gasteiger partial charge in [-0.25, -0.2) is 14.5 Å². The lowest BCUT2D eigenvalue weighted by atomic mass is 10.2. The number of nitrogens with zero attached hydrogens (tertiary/aromatic N) is 5. The Morgan fingerprint density at radius 1 is 1.36 bits per heavy atom. The normalized spacial score (nSPS) is 13.9. The first kappa shape index (κ1) is 22.9. The van der Waals surface area contributed by atoms with Crippen molar-refractivity contribution in [1.82, 2.24) is 30.0 Å². The van der Waals surface area contributed by atoms with E-state index in [0.29, 0.717) is 19.0 Å². The van der Waals surface area contributed by atoms with Crippen LogP contribution in [-0.2, 0) is 26.1 Å². The molecule has 0 atom stereocenters. The van der Waals surface area contributed by atoms with E-state index in [4.69, 9.17) is 0 Å². The molecule has 2 aromatic heterocycles. The van der Waals surface area contributed by atoms with Crippen LogP contribution >= 0.6 is 35.3 Å². The fourth-order valence-electron chi connectivity index (χ4n) is 3.08. The molecule has 0 radical (unpaired) electrons. The first-order chi connectivity index (χ1) is 13.1. The molecule has 28 heavy (non-hydrogen) atoms. The molecule has 0 bridgehead atoms. The van der Waals surface area contributed by atoms with Gasteiger partial charge in [-0.05, 0) is 25.2 Å². The maximum atomic E-state index is 12.3. The molecule has 0 aliphatic carbocycles. The summed E-state index contributed by atoms with van der Waals surface area (Å²) in [5.41, 5.74) is 1.16. The molecule has 8 nitrogen and oxygen atoms in total.